The van der Waals surface area contributed by atoms with Crippen molar-refractivity contribution in [3.05, 3.63) is 0 Å². The number of hydrogen-bond donors (Lipinski definition) is 6. The summed E-state index contributed by atoms with van der Waals surface area (Å²) in [5.41, 5.74) is 20.0. The Hall–Kier alpha value is -0.240. The van der Waals surface area contributed by atoms with Crippen LogP contribution in [-0.4, -0.2) is 55.9 Å². The highest BCUT2D eigenvalue weighted by atomic mass is 15.0. The molecular formula is C40H88N6. The summed E-state index contributed by atoms with van der Waals surface area (Å²) in [5.74, 6) is 0. The first kappa shape index (κ1) is 45.8. The van der Waals surface area contributed by atoms with Crippen molar-refractivity contribution in [3.63, 3.8) is 0 Å². The molecule has 0 saturated heterocycles. The van der Waals surface area contributed by atoms with Crippen LogP contribution in [0.25, 0.3) is 0 Å². The van der Waals surface area contributed by atoms with Gasteiger partial charge in [-0.25, -0.2) is 0 Å². The van der Waals surface area contributed by atoms with E-state index in [1.807, 2.05) is 0 Å². The molecule has 0 bridgehead atoms. The third-order valence-corrected chi connectivity index (χ3v) is 10.4. The minimum atomic E-state index is 0. The number of hydrogen-bond acceptors (Lipinski definition) is 6. The molecule has 9 N–H and O–H groups in total. The summed E-state index contributed by atoms with van der Waals surface area (Å²) in [6, 6.07) is 3.41. The molecular weight excluding hydrogens is 564 g/mol. The SMILES string of the molecule is C.CC(C)NC1CC(C)(C)CC(C)(CN)C1.CC(C)NCC1(C)CC(NC(C)C)CC(C)(C)C1.CC1(C)CC(N)CC(C)(CN)C1. The smallest absolute Gasteiger partial charge is 0.00801 e. The van der Waals surface area contributed by atoms with Gasteiger partial charge in [0, 0.05) is 42.8 Å². The van der Waals surface area contributed by atoms with E-state index in [4.69, 9.17) is 17.2 Å². The molecule has 0 aromatic heterocycles. The van der Waals surface area contributed by atoms with Crippen LogP contribution in [-0.2, 0) is 0 Å². The Bertz CT molecular complexity index is 851. The summed E-state index contributed by atoms with van der Waals surface area (Å²) in [5, 5.41) is 11.1. The molecule has 0 aliphatic heterocycles. The van der Waals surface area contributed by atoms with Crippen LogP contribution in [0.15, 0.2) is 0 Å². The van der Waals surface area contributed by atoms with Gasteiger partial charge >= 0.3 is 0 Å². The van der Waals surface area contributed by atoms with Gasteiger partial charge in [0.1, 0.15) is 0 Å². The summed E-state index contributed by atoms with van der Waals surface area (Å²) < 4.78 is 0. The summed E-state index contributed by atoms with van der Waals surface area (Å²) >= 11 is 0. The van der Waals surface area contributed by atoms with E-state index in [-0.39, 0.29) is 12.8 Å². The predicted octanol–water partition coefficient (Wildman–Crippen LogP) is 8.22. The molecule has 46 heavy (non-hydrogen) atoms. The fourth-order valence-corrected chi connectivity index (χ4v) is 10.1. The van der Waals surface area contributed by atoms with Gasteiger partial charge in [-0.1, -0.05) is 111 Å². The lowest BCUT2D eigenvalue weighted by atomic mass is 9.62. The van der Waals surface area contributed by atoms with Gasteiger partial charge in [0.25, 0.3) is 0 Å². The molecule has 6 heteroatoms. The Morgan fingerprint density at radius 3 is 1.22 bits per heavy atom. The zero-order valence-corrected chi connectivity index (χ0v) is 33.2. The largest absolute Gasteiger partial charge is 0.330 e. The molecule has 0 amide bonds. The Balaban J connectivity index is 0.000000666. The second-order valence-corrected chi connectivity index (χ2v) is 20.4. The molecule has 6 nitrogen and oxygen atoms in total. The van der Waals surface area contributed by atoms with E-state index in [2.05, 4.69) is 120 Å². The van der Waals surface area contributed by atoms with E-state index < -0.39 is 0 Å². The summed E-state index contributed by atoms with van der Waals surface area (Å²) in [7, 11) is 0. The van der Waals surface area contributed by atoms with Gasteiger partial charge in [0.15, 0.2) is 0 Å². The minimum absolute atomic E-state index is 0. The normalized spacial score (nSPS) is 35.0. The van der Waals surface area contributed by atoms with Gasteiger partial charge in [-0.15, -0.1) is 0 Å². The lowest BCUT2D eigenvalue weighted by Crippen LogP contribution is -2.50. The highest BCUT2D eigenvalue weighted by molar-refractivity contribution is 4.97. The molecule has 278 valence electrons. The fraction of sp³-hybridized carbons (Fsp3) is 1.00. The Kier molecular flexibility index (Phi) is 18.0. The van der Waals surface area contributed by atoms with Crippen molar-refractivity contribution in [2.45, 2.75) is 205 Å². The van der Waals surface area contributed by atoms with E-state index in [0.717, 1.165) is 32.5 Å². The van der Waals surface area contributed by atoms with E-state index in [9.17, 15) is 0 Å². The monoisotopic (exact) mass is 653 g/mol. The second-order valence-electron chi connectivity index (χ2n) is 20.4. The van der Waals surface area contributed by atoms with E-state index >= 15 is 0 Å². The van der Waals surface area contributed by atoms with Crippen LogP contribution in [0.2, 0.25) is 0 Å². The summed E-state index contributed by atoms with van der Waals surface area (Å²) in [6.07, 6.45) is 11.1. The van der Waals surface area contributed by atoms with E-state index in [1.165, 1.54) is 44.9 Å². The van der Waals surface area contributed by atoms with Gasteiger partial charge in [0.2, 0.25) is 0 Å². The number of rotatable bonds is 9. The summed E-state index contributed by atoms with van der Waals surface area (Å²) in [4.78, 5) is 0. The lowest BCUT2D eigenvalue weighted by molar-refractivity contribution is 0.0660. The molecule has 0 spiro atoms. The first-order chi connectivity index (χ1) is 20.2. The maximum atomic E-state index is 6.01. The second kappa shape index (κ2) is 18.1. The third kappa shape index (κ3) is 17.4. The van der Waals surface area contributed by atoms with Crippen LogP contribution in [0.1, 0.15) is 169 Å². The minimum Gasteiger partial charge on any atom is -0.330 e. The summed E-state index contributed by atoms with van der Waals surface area (Å²) in [6.45, 7) is 37.4. The predicted molar refractivity (Wildman–Crippen MR) is 207 cm³/mol. The molecule has 3 rings (SSSR count). The molecule has 3 fully saturated rings. The maximum absolute atomic E-state index is 6.01. The van der Waals surface area contributed by atoms with Crippen molar-refractivity contribution in [1.82, 2.24) is 16.0 Å². The average molecular weight is 653 g/mol. The van der Waals surface area contributed by atoms with E-state index in [0.29, 0.717) is 63.3 Å². The van der Waals surface area contributed by atoms with Crippen molar-refractivity contribution in [2.75, 3.05) is 19.6 Å². The highest BCUT2D eigenvalue weighted by Crippen LogP contribution is 2.47. The van der Waals surface area contributed by atoms with Crippen LogP contribution in [0.4, 0.5) is 0 Å². The fourth-order valence-electron chi connectivity index (χ4n) is 10.1. The van der Waals surface area contributed by atoms with Crippen LogP contribution in [0.5, 0.6) is 0 Å². The van der Waals surface area contributed by atoms with Gasteiger partial charge in [0.05, 0.1) is 0 Å². The van der Waals surface area contributed by atoms with Crippen LogP contribution in [0, 0.1) is 32.5 Å². The van der Waals surface area contributed by atoms with Gasteiger partial charge in [-0.3, -0.25) is 0 Å². The number of nitrogens with two attached hydrogens (primary N) is 3. The van der Waals surface area contributed by atoms with Crippen LogP contribution < -0.4 is 33.2 Å². The van der Waals surface area contributed by atoms with Crippen molar-refractivity contribution >= 4 is 0 Å². The molecule has 3 aliphatic rings. The standard InChI is InChI=1S/C16H34N2.C13H28N2.C10H22N2.CH4/c1-12(2)17-11-16(7)9-14(18-13(3)4)8-15(5,6)10-16;1-10(2)15-11-6-12(3,4)8-13(5,7-11)9-14;1-9(2)4-8(12)5-10(3,6-9)7-11;/h12-14,17-18H,8-11H2,1-7H3;10-11,15H,6-9,14H2,1-5H3;8H,4-7,11-12H2,1-3H3;1H4. The topological polar surface area (TPSA) is 114 Å². The zero-order chi connectivity index (χ0) is 35.1. The molecule has 0 aromatic carbocycles. The van der Waals surface area contributed by atoms with Crippen LogP contribution in [0.3, 0.4) is 0 Å². The average Bonchev–Trinajstić information content (AvgIpc) is 2.79. The quantitative estimate of drug-likeness (QED) is 0.150. The molecule has 3 saturated carbocycles. The van der Waals surface area contributed by atoms with Gasteiger partial charge in [-0.05, 0) is 103 Å². The van der Waals surface area contributed by atoms with Gasteiger partial charge in [-0.2, -0.15) is 0 Å². The molecule has 3 aliphatic carbocycles. The molecule has 6 unspecified atom stereocenters. The Labute approximate surface area is 290 Å². The van der Waals surface area contributed by atoms with E-state index in [1.54, 1.807) is 0 Å². The lowest BCUT2D eigenvalue weighted by Gasteiger charge is -2.48. The molecule has 0 heterocycles. The van der Waals surface area contributed by atoms with Crippen molar-refractivity contribution in [3.8, 4) is 0 Å². The molecule has 0 aromatic rings. The number of nitrogens with one attached hydrogen (secondary N) is 3. The maximum Gasteiger partial charge on any atom is 0.00801 e. The Morgan fingerprint density at radius 2 is 0.870 bits per heavy atom. The molecule has 6 atom stereocenters. The molecule has 0 radical (unpaired) electrons. The van der Waals surface area contributed by atoms with Crippen LogP contribution >= 0.6 is 0 Å². The van der Waals surface area contributed by atoms with Crippen molar-refractivity contribution in [2.24, 2.45) is 49.7 Å². The van der Waals surface area contributed by atoms with Gasteiger partial charge < -0.3 is 33.2 Å². The first-order valence-electron chi connectivity index (χ1n) is 18.7. The Morgan fingerprint density at radius 1 is 0.522 bits per heavy atom. The van der Waals surface area contributed by atoms with Crippen molar-refractivity contribution in [1.29, 1.82) is 0 Å². The highest BCUT2D eigenvalue weighted by Gasteiger charge is 2.42. The third-order valence-electron chi connectivity index (χ3n) is 10.4. The first-order valence-corrected chi connectivity index (χ1v) is 18.7. The van der Waals surface area contributed by atoms with Crippen molar-refractivity contribution < 1.29 is 0 Å². The zero-order valence-electron chi connectivity index (χ0n) is 33.2.